The van der Waals surface area contributed by atoms with Gasteiger partial charge in [0.25, 0.3) is 11.8 Å². The van der Waals surface area contributed by atoms with Crippen molar-refractivity contribution in [2.45, 2.75) is 0 Å². The van der Waals surface area contributed by atoms with E-state index in [4.69, 9.17) is 14.2 Å². The fourth-order valence-corrected chi connectivity index (χ4v) is 3.32. The van der Waals surface area contributed by atoms with Crippen molar-refractivity contribution < 1.29 is 28.6 Å². The fraction of sp³-hybridized carbons (Fsp3) is 0.120. The number of ether oxygens (including phenoxy) is 3. The van der Waals surface area contributed by atoms with Gasteiger partial charge < -0.3 is 19.5 Å². The van der Waals surface area contributed by atoms with E-state index in [1.54, 1.807) is 60.7 Å². The highest BCUT2D eigenvalue weighted by Crippen LogP contribution is 2.27. The molecule has 35 heavy (non-hydrogen) atoms. The molecule has 3 aromatic rings. The number of amides is 2. The Hall–Kier alpha value is -4.18. The van der Waals surface area contributed by atoms with Crippen molar-refractivity contribution in [1.29, 1.82) is 0 Å². The van der Waals surface area contributed by atoms with Crippen molar-refractivity contribution in [3.63, 3.8) is 0 Å². The van der Waals surface area contributed by atoms with Gasteiger partial charge in [-0.1, -0.05) is 12.1 Å². The third-order valence-electron chi connectivity index (χ3n) is 4.64. The molecule has 3 aromatic carbocycles. The van der Waals surface area contributed by atoms with Crippen LogP contribution in [0.15, 0.2) is 76.3 Å². The monoisotopic (exact) mass is 539 g/mol. The zero-order valence-electron chi connectivity index (χ0n) is 18.9. The topological polar surface area (TPSA) is 115 Å². The van der Waals surface area contributed by atoms with Gasteiger partial charge in [0.1, 0.15) is 5.75 Å². The highest BCUT2D eigenvalue weighted by Gasteiger charge is 2.13. The first-order valence-electron chi connectivity index (χ1n) is 10.3. The van der Waals surface area contributed by atoms with E-state index in [0.717, 1.165) is 0 Å². The second kappa shape index (κ2) is 12.3. The fourth-order valence-electron chi connectivity index (χ4n) is 2.87. The molecule has 0 aromatic heterocycles. The van der Waals surface area contributed by atoms with Crippen molar-refractivity contribution in [3.05, 3.63) is 87.9 Å². The molecule has 0 atom stereocenters. The van der Waals surface area contributed by atoms with Crippen LogP contribution in [-0.4, -0.2) is 44.8 Å². The van der Waals surface area contributed by atoms with Crippen molar-refractivity contribution >= 4 is 39.9 Å². The molecule has 0 aliphatic rings. The maximum absolute atomic E-state index is 12.3. The summed E-state index contributed by atoms with van der Waals surface area (Å²) in [5, 5.41) is 6.37. The number of esters is 1. The molecule has 0 fully saturated rings. The van der Waals surface area contributed by atoms with Gasteiger partial charge in [0.15, 0.2) is 11.5 Å². The molecule has 0 saturated carbocycles. The van der Waals surface area contributed by atoms with Crippen LogP contribution in [0.25, 0.3) is 0 Å². The number of hydrazone groups is 1. The van der Waals surface area contributed by atoms with Crippen LogP contribution < -0.4 is 25.0 Å². The summed E-state index contributed by atoms with van der Waals surface area (Å²) >= 11 is 3.32. The minimum absolute atomic E-state index is 0.269. The van der Waals surface area contributed by atoms with Crippen molar-refractivity contribution in [2.75, 3.05) is 20.8 Å². The molecule has 0 unspecified atom stereocenters. The maximum Gasteiger partial charge on any atom is 0.344 e. The lowest BCUT2D eigenvalue weighted by Crippen LogP contribution is -2.34. The minimum atomic E-state index is -0.505. The summed E-state index contributed by atoms with van der Waals surface area (Å²) in [5.41, 5.74) is 3.74. The van der Waals surface area contributed by atoms with Crippen LogP contribution in [-0.2, 0) is 4.79 Å². The Kier molecular flexibility index (Phi) is 8.96. The van der Waals surface area contributed by atoms with Gasteiger partial charge >= 0.3 is 5.97 Å². The highest BCUT2D eigenvalue weighted by molar-refractivity contribution is 9.10. The minimum Gasteiger partial charge on any atom is -0.493 e. The Labute approximate surface area is 210 Å². The van der Waals surface area contributed by atoms with Gasteiger partial charge in [-0.3, -0.25) is 9.59 Å². The Balaban J connectivity index is 1.47. The quantitative estimate of drug-likeness (QED) is 0.186. The van der Waals surface area contributed by atoms with Crippen molar-refractivity contribution in [1.82, 2.24) is 10.7 Å². The first-order chi connectivity index (χ1) is 16.9. The standard InChI is InChI=1S/C25H22BrN3O6/c1-33-21-12-9-17(13-22(21)34-2)24(31)27-15-23(30)29-28-14-16-7-10-18(11-8-16)35-25(32)19-5-3-4-6-20(19)26/h3-14H,15H2,1-2H3,(H,27,31)(H,29,30)/b28-14-. The summed E-state index contributed by atoms with van der Waals surface area (Å²) < 4.78 is 16.3. The molecule has 0 spiro atoms. The van der Waals surface area contributed by atoms with Crippen LogP contribution >= 0.6 is 15.9 Å². The third-order valence-corrected chi connectivity index (χ3v) is 5.33. The Morgan fingerprint density at radius 2 is 1.66 bits per heavy atom. The molecule has 10 heteroatoms. The van der Waals surface area contributed by atoms with Crippen LogP contribution in [0, 0.1) is 0 Å². The predicted octanol–water partition coefficient (Wildman–Crippen LogP) is 3.57. The van der Waals surface area contributed by atoms with Crippen LogP contribution in [0.2, 0.25) is 0 Å². The Bertz CT molecular complexity index is 1240. The van der Waals surface area contributed by atoms with Crippen LogP contribution in [0.1, 0.15) is 26.3 Å². The average Bonchev–Trinajstić information content (AvgIpc) is 2.88. The summed E-state index contributed by atoms with van der Waals surface area (Å²) in [4.78, 5) is 36.5. The van der Waals surface area contributed by atoms with Gasteiger partial charge in [-0.25, -0.2) is 10.2 Å². The molecule has 2 N–H and O–H groups in total. The number of carbonyl (C=O) groups excluding carboxylic acids is 3. The number of hydrogen-bond donors (Lipinski definition) is 2. The van der Waals surface area contributed by atoms with Crippen molar-refractivity contribution in [2.24, 2.45) is 5.10 Å². The average molecular weight is 540 g/mol. The molecule has 3 rings (SSSR count). The van der Waals surface area contributed by atoms with Crippen LogP contribution in [0.3, 0.4) is 0 Å². The number of nitrogens with one attached hydrogen (secondary N) is 2. The number of rotatable bonds is 9. The molecule has 0 aliphatic carbocycles. The molecule has 0 heterocycles. The number of carbonyl (C=O) groups is 3. The lowest BCUT2D eigenvalue weighted by atomic mass is 10.2. The summed E-state index contributed by atoms with van der Waals surface area (Å²) in [6.45, 7) is -0.269. The number of hydrogen-bond acceptors (Lipinski definition) is 7. The molecule has 0 saturated heterocycles. The molecule has 180 valence electrons. The number of methoxy groups -OCH3 is 2. The van der Waals surface area contributed by atoms with E-state index in [2.05, 4.69) is 31.8 Å². The molecule has 2 amide bonds. The van der Waals surface area contributed by atoms with E-state index in [1.165, 1.54) is 26.5 Å². The molecule has 0 bridgehead atoms. The van der Waals surface area contributed by atoms with Gasteiger partial charge in [-0.15, -0.1) is 0 Å². The first kappa shape index (κ1) is 25.4. The summed E-state index contributed by atoms with van der Waals surface area (Å²) in [6.07, 6.45) is 1.42. The highest BCUT2D eigenvalue weighted by atomic mass is 79.9. The molecular formula is C25H22BrN3O6. The Morgan fingerprint density at radius 1 is 0.943 bits per heavy atom. The summed E-state index contributed by atoms with van der Waals surface area (Å²) in [5.74, 6) is -0.174. The van der Waals surface area contributed by atoms with E-state index in [0.29, 0.717) is 38.4 Å². The SMILES string of the molecule is COc1ccc(C(=O)NCC(=O)N/N=C\c2ccc(OC(=O)c3ccccc3Br)cc2)cc1OC. The van der Waals surface area contributed by atoms with E-state index in [1.807, 2.05) is 0 Å². The largest absolute Gasteiger partial charge is 0.493 e. The van der Waals surface area contributed by atoms with E-state index < -0.39 is 17.8 Å². The first-order valence-corrected chi connectivity index (χ1v) is 11.1. The molecule has 9 nitrogen and oxygen atoms in total. The third kappa shape index (κ3) is 7.15. The number of halogens is 1. The van der Waals surface area contributed by atoms with E-state index in [-0.39, 0.29) is 6.54 Å². The Morgan fingerprint density at radius 3 is 2.34 bits per heavy atom. The van der Waals surface area contributed by atoms with Crippen LogP contribution in [0.5, 0.6) is 17.2 Å². The second-order valence-electron chi connectivity index (χ2n) is 6.98. The van der Waals surface area contributed by atoms with Gasteiger partial charge in [0.05, 0.1) is 32.5 Å². The van der Waals surface area contributed by atoms with E-state index in [9.17, 15) is 14.4 Å². The lowest BCUT2D eigenvalue weighted by molar-refractivity contribution is -0.120. The zero-order chi connectivity index (χ0) is 25.2. The van der Waals surface area contributed by atoms with Crippen molar-refractivity contribution in [3.8, 4) is 17.2 Å². The molecular weight excluding hydrogens is 518 g/mol. The lowest BCUT2D eigenvalue weighted by Gasteiger charge is -2.09. The van der Waals surface area contributed by atoms with E-state index >= 15 is 0 Å². The predicted molar refractivity (Wildman–Crippen MR) is 133 cm³/mol. The molecule has 0 radical (unpaired) electrons. The second-order valence-corrected chi connectivity index (χ2v) is 7.84. The van der Waals surface area contributed by atoms with Gasteiger partial charge in [0.2, 0.25) is 0 Å². The summed E-state index contributed by atoms with van der Waals surface area (Å²) in [6, 6.07) is 18.2. The number of benzene rings is 3. The number of nitrogens with zero attached hydrogens (tertiary/aromatic N) is 1. The van der Waals surface area contributed by atoms with Crippen LogP contribution in [0.4, 0.5) is 0 Å². The van der Waals surface area contributed by atoms with Gasteiger partial charge in [-0.2, -0.15) is 5.10 Å². The smallest absolute Gasteiger partial charge is 0.344 e. The van der Waals surface area contributed by atoms with Gasteiger partial charge in [0, 0.05) is 10.0 Å². The summed E-state index contributed by atoms with van der Waals surface area (Å²) in [7, 11) is 2.96. The van der Waals surface area contributed by atoms with Gasteiger partial charge in [-0.05, 0) is 76.1 Å². The maximum atomic E-state index is 12.3. The zero-order valence-corrected chi connectivity index (χ0v) is 20.5. The normalized spacial score (nSPS) is 10.5. The molecule has 0 aliphatic heterocycles.